The number of hydrogen-bond donors (Lipinski definition) is 1. The lowest BCUT2D eigenvalue weighted by Gasteiger charge is -2.09. The van der Waals surface area contributed by atoms with Crippen LogP contribution in [0.25, 0.3) is 0 Å². The molecule has 0 unspecified atom stereocenters. The Labute approximate surface area is 55.4 Å². The minimum atomic E-state index is 0.155. The van der Waals surface area contributed by atoms with Crippen molar-refractivity contribution in [3.63, 3.8) is 0 Å². The normalized spacial score (nSPS) is 34.9. The molecule has 0 aromatic carbocycles. The molecule has 1 aliphatic rings. The van der Waals surface area contributed by atoms with Gasteiger partial charge in [-0.25, -0.2) is 0 Å². The van der Waals surface area contributed by atoms with E-state index in [-0.39, 0.29) is 17.7 Å². The molecule has 0 aromatic rings. The van der Waals surface area contributed by atoms with Crippen molar-refractivity contribution in [2.24, 2.45) is 11.7 Å². The van der Waals surface area contributed by atoms with Gasteiger partial charge in [-0.15, -0.1) is 0 Å². The van der Waals surface area contributed by atoms with Gasteiger partial charge in [0.2, 0.25) is 0 Å². The number of carbonyl (C=O) groups excluding carboxylic acids is 1. The van der Waals surface area contributed by atoms with E-state index in [1.807, 2.05) is 0 Å². The first-order chi connectivity index (χ1) is 4.22. The Hall–Kier alpha value is -0.370. The lowest BCUT2D eigenvalue weighted by molar-refractivity contribution is -0.120. The first-order valence-electron chi connectivity index (χ1n) is 3.48. The van der Waals surface area contributed by atoms with Crippen LogP contribution in [0.5, 0.6) is 0 Å². The standard InChI is InChI=1S/C7H13NO/c1-5(9)6-3-2-4-7(6)8/h6-7H,2-4,8H2,1H3/t6-,7-/m0/s1. The van der Waals surface area contributed by atoms with Crippen molar-refractivity contribution in [1.82, 2.24) is 0 Å². The second-order valence-electron chi connectivity index (χ2n) is 2.81. The molecule has 1 fully saturated rings. The van der Waals surface area contributed by atoms with Crippen molar-refractivity contribution >= 4 is 5.78 Å². The van der Waals surface area contributed by atoms with E-state index in [4.69, 9.17) is 5.73 Å². The van der Waals surface area contributed by atoms with Gasteiger partial charge >= 0.3 is 0 Å². The van der Waals surface area contributed by atoms with Crippen LogP contribution in [0.2, 0.25) is 0 Å². The van der Waals surface area contributed by atoms with Crippen molar-refractivity contribution in [1.29, 1.82) is 0 Å². The van der Waals surface area contributed by atoms with Crippen molar-refractivity contribution in [3.8, 4) is 0 Å². The molecule has 0 radical (unpaired) electrons. The highest BCUT2D eigenvalue weighted by molar-refractivity contribution is 5.79. The number of ketones is 1. The van der Waals surface area contributed by atoms with Crippen molar-refractivity contribution in [2.75, 3.05) is 0 Å². The molecule has 0 bridgehead atoms. The topological polar surface area (TPSA) is 43.1 Å². The summed E-state index contributed by atoms with van der Waals surface area (Å²) in [6, 6.07) is 0.155. The summed E-state index contributed by atoms with van der Waals surface area (Å²) in [6.45, 7) is 1.63. The molecule has 2 atom stereocenters. The fraction of sp³-hybridized carbons (Fsp3) is 0.857. The van der Waals surface area contributed by atoms with Gasteiger partial charge in [0.15, 0.2) is 0 Å². The molecule has 0 aliphatic heterocycles. The third-order valence-electron chi connectivity index (χ3n) is 2.09. The molecule has 0 spiro atoms. The summed E-state index contributed by atoms with van der Waals surface area (Å²) in [4.78, 5) is 10.8. The predicted molar refractivity (Wildman–Crippen MR) is 36.0 cm³/mol. The summed E-state index contributed by atoms with van der Waals surface area (Å²) >= 11 is 0. The Kier molecular flexibility index (Phi) is 1.86. The van der Waals surface area contributed by atoms with Crippen LogP contribution in [0.3, 0.4) is 0 Å². The molecular weight excluding hydrogens is 114 g/mol. The highest BCUT2D eigenvalue weighted by Crippen LogP contribution is 2.24. The summed E-state index contributed by atoms with van der Waals surface area (Å²) in [7, 11) is 0. The Morgan fingerprint density at radius 2 is 2.22 bits per heavy atom. The molecule has 1 saturated carbocycles. The van der Waals surface area contributed by atoms with E-state index in [0.717, 1.165) is 19.3 Å². The maximum atomic E-state index is 10.8. The van der Waals surface area contributed by atoms with Crippen molar-refractivity contribution < 1.29 is 4.79 Å². The van der Waals surface area contributed by atoms with E-state index in [1.165, 1.54) is 0 Å². The average molecular weight is 127 g/mol. The van der Waals surface area contributed by atoms with Gasteiger partial charge in [0.25, 0.3) is 0 Å². The molecule has 1 aliphatic carbocycles. The van der Waals surface area contributed by atoms with Crippen LogP contribution in [0.1, 0.15) is 26.2 Å². The first-order valence-corrected chi connectivity index (χ1v) is 3.48. The Morgan fingerprint density at radius 1 is 1.56 bits per heavy atom. The molecule has 2 N–H and O–H groups in total. The van der Waals surface area contributed by atoms with E-state index >= 15 is 0 Å². The minimum Gasteiger partial charge on any atom is -0.327 e. The first kappa shape index (κ1) is 6.75. The van der Waals surface area contributed by atoms with Gasteiger partial charge in [-0.3, -0.25) is 4.79 Å². The Balaban J connectivity index is 2.49. The Morgan fingerprint density at radius 3 is 2.44 bits per heavy atom. The van der Waals surface area contributed by atoms with E-state index < -0.39 is 0 Å². The maximum absolute atomic E-state index is 10.8. The third-order valence-corrected chi connectivity index (χ3v) is 2.09. The fourth-order valence-electron chi connectivity index (χ4n) is 1.49. The van der Waals surface area contributed by atoms with E-state index in [0.29, 0.717) is 0 Å². The van der Waals surface area contributed by atoms with Crippen LogP contribution < -0.4 is 5.73 Å². The molecule has 0 aromatic heterocycles. The molecule has 2 heteroatoms. The molecule has 9 heavy (non-hydrogen) atoms. The predicted octanol–water partition coefficient (Wildman–Crippen LogP) is 0.703. The van der Waals surface area contributed by atoms with Gasteiger partial charge < -0.3 is 5.73 Å². The van der Waals surface area contributed by atoms with Gasteiger partial charge in [0.1, 0.15) is 5.78 Å². The average Bonchev–Trinajstić information content (AvgIpc) is 2.13. The zero-order valence-electron chi connectivity index (χ0n) is 5.76. The number of Topliss-reactive ketones (excluding diaryl/α,β-unsaturated/α-hetero) is 1. The van der Waals surface area contributed by atoms with Crippen LogP contribution in [-0.2, 0) is 4.79 Å². The lowest BCUT2D eigenvalue weighted by Crippen LogP contribution is -2.28. The van der Waals surface area contributed by atoms with Crippen molar-refractivity contribution in [2.45, 2.75) is 32.2 Å². The SMILES string of the molecule is CC(=O)[C@@H]1CCC[C@@H]1N. The van der Waals surface area contributed by atoms with E-state index in [1.54, 1.807) is 6.92 Å². The quantitative estimate of drug-likeness (QED) is 0.563. The van der Waals surface area contributed by atoms with Crippen LogP contribution in [0, 0.1) is 5.92 Å². The summed E-state index contributed by atoms with van der Waals surface area (Å²) in [5, 5.41) is 0. The third kappa shape index (κ3) is 1.30. The molecule has 2 nitrogen and oxygen atoms in total. The number of hydrogen-bond acceptors (Lipinski definition) is 2. The molecule has 1 rings (SSSR count). The zero-order chi connectivity index (χ0) is 6.85. The Bertz CT molecular complexity index is 122. The van der Waals surface area contributed by atoms with Crippen LogP contribution in [-0.4, -0.2) is 11.8 Å². The minimum absolute atomic E-state index is 0.155. The van der Waals surface area contributed by atoms with Crippen LogP contribution >= 0.6 is 0 Å². The van der Waals surface area contributed by atoms with Crippen molar-refractivity contribution in [3.05, 3.63) is 0 Å². The fourth-order valence-corrected chi connectivity index (χ4v) is 1.49. The maximum Gasteiger partial charge on any atom is 0.134 e. The largest absolute Gasteiger partial charge is 0.327 e. The highest BCUT2D eigenvalue weighted by atomic mass is 16.1. The second kappa shape index (κ2) is 2.48. The monoisotopic (exact) mass is 127 g/mol. The summed E-state index contributed by atoms with van der Waals surface area (Å²) in [5.74, 6) is 0.435. The summed E-state index contributed by atoms with van der Waals surface area (Å²) < 4.78 is 0. The van der Waals surface area contributed by atoms with Gasteiger partial charge in [-0.1, -0.05) is 6.42 Å². The van der Waals surface area contributed by atoms with Gasteiger partial charge in [0.05, 0.1) is 0 Å². The number of nitrogens with two attached hydrogens (primary N) is 1. The molecule has 0 heterocycles. The highest BCUT2D eigenvalue weighted by Gasteiger charge is 2.26. The van der Waals surface area contributed by atoms with Gasteiger partial charge in [0, 0.05) is 12.0 Å². The lowest BCUT2D eigenvalue weighted by atomic mass is 10.0. The second-order valence-corrected chi connectivity index (χ2v) is 2.81. The summed E-state index contributed by atoms with van der Waals surface area (Å²) in [6.07, 6.45) is 3.17. The molecular formula is C7H13NO. The summed E-state index contributed by atoms with van der Waals surface area (Å²) in [5.41, 5.74) is 5.66. The zero-order valence-corrected chi connectivity index (χ0v) is 5.76. The van der Waals surface area contributed by atoms with Gasteiger partial charge in [-0.05, 0) is 19.8 Å². The van der Waals surface area contributed by atoms with Gasteiger partial charge in [-0.2, -0.15) is 0 Å². The molecule has 52 valence electrons. The number of rotatable bonds is 1. The molecule has 0 amide bonds. The number of carbonyl (C=O) groups is 1. The smallest absolute Gasteiger partial charge is 0.134 e. The van der Waals surface area contributed by atoms with Crippen LogP contribution in [0.15, 0.2) is 0 Å². The van der Waals surface area contributed by atoms with E-state index in [2.05, 4.69) is 0 Å². The van der Waals surface area contributed by atoms with Crippen LogP contribution in [0.4, 0.5) is 0 Å². The molecule has 0 saturated heterocycles. The van der Waals surface area contributed by atoms with E-state index in [9.17, 15) is 4.79 Å².